The van der Waals surface area contributed by atoms with Crippen LogP contribution < -0.4 is 14.8 Å². The van der Waals surface area contributed by atoms with Crippen molar-refractivity contribution in [1.82, 2.24) is 5.32 Å². The van der Waals surface area contributed by atoms with Crippen LogP contribution in [0.3, 0.4) is 0 Å². The Morgan fingerprint density at radius 3 is 2.43 bits per heavy atom. The Hall–Kier alpha value is -4.08. The van der Waals surface area contributed by atoms with Crippen LogP contribution in [0.2, 0.25) is 0 Å². The summed E-state index contributed by atoms with van der Waals surface area (Å²) in [6, 6.07) is 10.5. The fourth-order valence-corrected chi connectivity index (χ4v) is 3.04. The summed E-state index contributed by atoms with van der Waals surface area (Å²) in [6.07, 6.45) is 0.844. The first-order valence-corrected chi connectivity index (χ1v) is 10.8. The molecule has 0 radical (unpaired) electrons. The van der Waals surface area contributed by atoms with Gasteiger partial charge in [0.25, 0.3) is 5.69 Å². The van der Waals surface area contributed by atoms with E-state index in [-0.39, 0.29) is 35.8 Å². The highest BCUT2D eigenvalue weighted by atomic mass is 16.6. The Morgan fingerprint density at radius 1 is 1.17 bits per heavy atom. The van der Waals surface area contributed by atoms with Crippen molar-refractivity contribution in [2.75, 3.05) is 13.7 Å². The van der Waals surface area contributed by atoms with E-state index in [0.29, 0.717) is 0 Å². The quantitative estimate of drug-likeness (QED) is 0.215. The summed E-state index contributed by atoms with van der Waals surface area (Å²) in [5, 5.41) is 14.1. The number of rotatable bonds is 11. The highest BCUT2D eigenvalue weighted by Gasteiger charge is 2.27. The average Bonchev–Trinajstić information content (AvgIpc) is 2.79. The topological polar surface area (TPSA) is 126 Å². The van der Waals surface area contributed by atoms with Gasteiger partial charge in [0.2, 0.25) is 0 Å². The van der Waals surface area contributed by atoms with E-state index < -0.39 is 35.2 Å². The van der Waals surface area contributed by atoms with E-state index in [2.05, 4.69) is 11.9 Å². The molecule has 0 heterocycles. The molecule has 0 aliphatic carbocycles. The van der Waals surface area contributed by atoms with Crippen LogP contribution in [0.1, 0.15) is 31.9 Å². The zero-order valence-electron chi connectivity index (χ0n) is 20.2. The lowest BCUT2D eigenvalue weighted by molar-refractivity contribution is -0.385. The summed E-state index contributed by atoms with van der Waals surface area (Å²) in [5.74, 6) is -0.390. The van der Waals surface area contributed by atoms with Gasteiger partial charge in [-0.2, -0.15) is 0 Å². The molecule has 2 rings (SSSR count). The summed E-state index contributed by atoms with van der Waals surface area (Å²) in [4.78, 5) is 36.3. The highest BCUT2D eigenvalue weighted by Crippen LogP contribution is 2.35. The maximum absolute atomic E-state index is 12.9. The van der Waals surface area contributed by atoms with Gasteiger partial charge in [-0.05, 0) is 32.4 Å². The van der Waals surface area contributed by atoms with E-state index in [9.17, 15) is 19.7 Å². The summed E-state index contributed by atoms with van der Waals surface area (Å²) >= 11 is 0. The van der Waals surface area contributed by atoms with Crippen LogP contribution in [0.15, 0.2) is 55.1 Å². The van der Waals surface area contributed by atoms with Crippen molar-refractivity contribution in [3.63, 3.8) is 0 Å². The molecule has 0 aliphatic rings. The lowest BCUT2D eigenvalue weighted by Crippen LogP contribution is -2.45. The molecular weight excluding hydrogens is 456 g/mol. The number of hydrogen-bond donors (Lipinski definition) is 1. The number of hydrogen-bond acceptors (Lipinski definition) is 8. The molecule has 10 heteroatoms. The second-order valence-corrected chi connectivity index (χ2v) is 8.48. The average molecular weight is 487 g/mol. The first-order chi connectivity index (χ1) is 16.5. The van der Waals surface area contributed by atoms with Crippen LogP contribution in [0.25, 0.3) is 0 Å². The van der Waals surface area contributed by atoms with Crippen molar-refractivity contribution >= 4 is 17.7 Å². The molecule has 1 N–H and O–H groups in total. The molecule has 188 valence electrons. The normalized spacial score (nSPS) is 11.7. The van der Waals surface area contributed by atoms with Crippen molar-refractivity contribution in [2.45, 2.75) is 45.4 Å². The van der Waals surface area contributed by atoms with E-state index in [1.165, 1.54) is 25.3 Å². The standard InChI is InChI=1S/C25H30N2O8/c1-6-12-33-22-15-20(27(30)31)18(14-21(22)32-5)16-34-23(28)19(13-17-10-8-7-9-11-17)26-24(29)35-25(2,3)4/h6-11,14-15,19H,1,12-13,16H2,2-5H3,(H,26,29)/t19-/m0/s1. The Labute approximate surface area is 204 Å². The van der Waals surface area contributed by atoms with E-state index in [4.69, 9.17) is 18.9 Å². The predicted molar refractivity (Wildman–Crippen MR) is 128 cm³/mol. The molecule has 0 saturated carbocycles. The zero-order chi connectivity index (χ0) is 26.0. The van der Waals surface area contributed by atoms with Gasteiger partial charge in [-0.25, -0.2) is 9.59 Å². The van der Waals surface area contributed by atoms with Crippen molar-refractivity contribution < 1.29 is 33.5 Å². The molecule has 0 fully saturated rings. The second-order valence-electron chi connectivity index (χ2n) is 8.48. The molecule has 0 aromatic heterocycles. The third-order valence-corrected chi connectivity index (χ3v) is 4.55. The lowest BCUT2D eigenvalue weighted by atomic mass is 10.1. The van der Waals surface area contributed by atoms with Crippen molar-refractivity contribution in [3.05, 3.63) is 76.4 Å². The first-order valence-electron chi connectivity index (χ1n) is 10.8. The molecule has 1 amide bonds. The summed E-state index contributed by atoms with van der Waals surface area (Å²) in [7, 11) is 1.39. The maximum atomic E-state index is 12.9. The van der Waals surface area contributed by atoms with Crippen LogP contribution in [-0.4, -0.2) is 42.3 Å². The van der Waals surface area contributed by atoms with Gasteiger partial charge in [0.15, 0.2) is 11.5 Å². The van der Waals surface area contributed by atoms with E-state index in [1.807, 2.05) is 6.07 Å². The first kappa shape index (κ1) is 27.2. The molecule has 0 saturated heterocycles. The number of benzene rings is 2. The third kappa shape index (κ3) is 8.65. The molecule has 0 spiro atoms. The van der Waals surface area contributed by atoms with Crippen molar-refractivity contribution in [3.8, 4) is 11.5 Å². The van der Waals surface area contributed by atoms with Crippen LogP contribution in [0, 0.1) is 10.1 Å². The maximum Gasteiger partial charge on any atom is 0.408 e. The lowest BCUT2D eigenvalue weighted by Gasteiger charge is -2.23. The Balaban J connectivity index is 2.24. The number of nitrogens with one attached hydrogen (secondary N) is 1. The van der Waals surface area contributed by atoms with E-state index in [1.54, 1.807) is 45.0 Å². The number of alkyl carbamates (subject to hydrolysis) is 1. The number of nitrogens with zero attached hydrogens (tertiary/aromatic N) is 1. The number of ether oxygens (including phenoxy) is 4. The van der Waals surface area contributed by atoms with Gasteiger partial charge in [-0.3, -0.25) is 10.1 Å². The molecule has 0 unspecified atom stereocenters. The van der Waals surface area contributed by atoms with Gasteiger partial charge in [0, 0.05) is 6.42 Å². The van der Waals surface area contributed by atoms with Crippen LogP contribution in [0.5, 0.6) is 11.5 Å². The SMILES string of the molecule is C=CCOc1cc([N+](=O)[O-])c(COC(=O)[C@H](Cc2ccccc2)NC(=O)OC(C)(C)C)cc1OC. The number of methoxy groups -OCH3 is 1. The molecular formula is C25H30N2O8. The highest BCUT2D eigenvalue weighted by molar-refractivity contribution is 5.82. The molecule has 2 aromatic carbocycles. The number of amides is 1. The largest absolute Gasteiger partial charge is 0.493 e. The second kappa shape index (κ2) is 12.4. The van der Waals surface area contributed by atoms with Gasteiger partial charge in [0.1, 0.15) is 24.9 Å². The number of carbonyl (C=O) groups is 2. The third-order valence-electron chi connectivity index (χ3n) is 4.55. The molecule has 0 bridgehead atoms. The van der Waals surface area contributed by atoms with E-state index in [0.717, 1.165) is 5.56 Å². The minimum atomic E-state index is -1.08. The number of esters is 1. The van der Waals surface area contributed by atoms with Gasteiger partial charge >= 0.3 is 12.1 Å². The minimum absolute atomic E-state index is 0.0990. The summed E-state index contributed by atoms with van der Waals surface area (Å²) in [5.41, 5.74) is -0.196. The van der Waals surface area contributed by atoms with Gasteiger partial charge in [-0.15, -0.1) is 0 Å². The number of nitro groups is 1. The fourth-order valence-electron chi connectivity index (χ4n) is 3.04. The molecule has 2 aromatic rings. The van der Waals surface area contributed by atoms with Crippen LogP contribution >= 0.6 is 0 Å². The van der Waals surface area contributed by atoms with Crippen LogP contribution in [0.4, 0.5) is 10.5 Å². The Morgan fingerprint density at radius 2 is 1.86 bits per heavy atom. The zero-order valence-corrected chi connectivity index (χ0v) is 20.2. The summed E-state index contributed by atoms with van der Waals surface area (Å²) in [6.45, 7) is 8.35. The van der Waals surface area contributed by atoms with Gasteiger partial charge < -0.3 is 24.3 Å². The van der Waals surface area contributed by atoms with Crippen LogP contribution in [-0.2, 0) is 27.3 Å². The van der Waals surface area contributed by atoms with Crippen molar-refractivity contribution in [2.24, 2.45) is 0 Å². The molecule has 1 atom stereocenters. The number of carbonyl (C=O) groups excluding carboxylic acids is 2. The Kier molecular flexibility index (Phi) is 9.63. The van der Waals surface area contributed by atoms with Gasteiger partial charge in [0.05, 0.1) is 23.7 Å². The van der Waals surface area contributed by atoms with Crippen molar-refractivity contribution in [1.29, 1.82) is 0 Å². The van der Waals surface area contributed by atoms with E-state index >= 15 is 0 Å². The minimum Gasteiger partial charge on any atom is -0.493 e. The molecule has 35 heavy (non-hydrogen) atoms. The molecule has 0 aliphatic heterocycles. The predicted octanol–water partition coefficient (Wildman–Crippen LogP) is 4.35. The molecule has 10 nitrogen and oxygen atoms in total. The monoisotopic (exact) mass is 486 g/mol. The number of nitro benzene ring substituents is 1. The Bertz CT molecular complexity index is 1050. The van der Waals surface area contributed by atoms with Gasteiger partial charge in [-0.1, -0.05) is 43.0 Å². The smallest absolute Gasteiger partial charge is 0.408 e. The fraction of sp³-hybridized carbons (Fsp3) is 0.360. The summed E-state index contributed by atoms with van der Waals surface area (Å²) < 4.78 is 21.3.